The maximum atomic E-state index is 5.37. The maximum absolute atomic E-state index is 5.37. The number of halogens is 1. The van der Waals surface area contributed by atoms with Crippen molar-refractivity contribution in [2.24, 2.45) is 10.9 Å². The number of guanidine groups is 1. The van der Waals surface area contributed by atoms with Crippen LogP contribution in [0, 0.1) is 5.92 Å². The van der Waals surface area contributed by atoms with Gasteiger partial charge in [-0.25, -0.2) is 4.99 Å². The number of anilines is 1. The van der Waals surface area contributed by atoms with E-state index in [1.54, 1.807) is 0 Å². The Morgan fingerprint density at radius 2 is 1.82 bits per heavy atom. The van der Waals surface area contributed by atoms with Gasteiger partial charge in [0.25, 0.3) is 0 Å². The number of hydrogen-bond acceptors (Lipinski definition) is 4. The smallest absolute Gasteiger partial charge is 0.191 e. The molecule has 28 heavy (non-hydrogen) atoms. The third-order valence-electron chi connectivity index (χ3n) is 4.33. The molecule has 1 aromatic heterocycles. The summed E-state index contributed by atoms with van der Waals surface area (Å²) < 4.78 is 5.37. The summed E-state index contributed by atoms with van der Waals surface area (Å²) in [7, 11) is 0. The van der Waals surface area contributed by atoms with E-state index in [2.05, 4.69) is 72.9 Å². The summed E-state index contributed by atoms with van der Waals surface area (Å²) in [6, 6.07) is 12.6. The average molecular weight is 499 g/mol. The van der Waals surface area contributed by atoms with Crippen LogP contribution >= 0.6 is 24.0 Å². The Labute approximate surface area is 186 Å². The van der Waals surface area contributed by atoms with E-state index in [0.29, 0.717) is 18.4 Å². The van der Waals surface area contributed by atoms with Crippen LogP contribution in [0.5, 0.6) is 0 Å². The molecule has 3 N–H and O–H groups in total. The van der Waals surface area contributed by atoms with Crippen LogP contribution in [0.3, 0.4) is 0 Å². The molecule has 7 heteroatoms. The molecule has 0 amide bonds. The molecule has 0 fully saturated rings. The van der Waals surface area contributed by atoms with E-state index < -0.39 is 0 Å². The van der Waals surface area contributed by atoms with E-state index >= 15 is 0 Å². The average Bonchev–Trinajstić information content (AvgIpc) is 3.13. The first kappa shape index (κ1) is 24.3. The molecule has 0 aliphatic heterocycles. The fourth-order valence-corrected chi connectivity index (χ4v) is 2.58. The summed E-state index contributed by atoms with van der Waals surface area (Å²) in [5, 5.41) is 14.4. The number of para-hydroxylation sites is 1. The van der Waals surface area contributed by atoms with Crippen molar-refractivity contribution >= 4 is 35.6 Å². The zero-order valence-corrected chi connectivity index (χ0v) is 19.9. The second-order valence-electron chi connectivity index (χ2n) is 7.31. The molecule has 2 aromatic rings. The first-order valence-electron chi connectivity index (χ1n) is 9.78. The zero-order valence-electron chi connectivity index (χ0n) is 17.5. The van der Waals surface area contributed by atoms with Gasteiger partial charge in [0.1, 0.15) is 6.54 Å². The number of aromatic nitrogens is 1. The largest absolute Gasteiger partial charge is 0.380 e. The second kappa shape index (κ2) is 12.6. The molecule has 0 aliphatic carbocycles. The molecule has 0 aliphatic rings. The zero-order chi connectivity index (χ0) is 19.6. The molecule has 1 aromatic carbocycles. The van der Waals surface area contributed by atoms with Crippen LogP contribution in [0.2, 0.25) is 0 Å². The van der Waals surface area contributed by atoms with Gasteiger partial charge in [0.2, 0.25) is 0 Å². The van der Waals surface area contributed by atoms with Gasteiger partial charge in [-0.2, -0.15) is 0 Å². The highest BCUT2D eigenvalue weighted by molar-refractivity contribution is 14.0. The summed E-state index contributed by atoms with van der Waals surface area (Å²) in [5.74, 6) is 2.39. The minimum atomic E-state index is 0. The highest BCUT2D eigenvalue weighted by Crippen LogP contribution is 2.14. The number of nitrogens with one attached hydrogen (secondary N) is 3. The van der Waals surface area contributed by atoms with Crippen molar-refractivity contribution < 1.29 is 4.52 Å². The summed E-state index contributed by atoms with van der Waals surface area (Å²) in [6.07, 6.45) is 0. The van der Waals surface area contributed by atoms with Crippen LogP contribution in [0.15, 0.2) is 45.9 Å². The third kappa shape index (κ3) is 8.08. The van der Waals surface area contributed by atoms with E-state index in [1.165, 1.54) is 0 Å². The predicted molar refractivity (Wildman–Crippen MR) is 128 cm³/mol. The molecular formula is C21H34IN5O. The summed E-state index contributed by atoms with van der Waals surface area (Å²) in [4.78, 5) is 4.63. The highest BCUT2D eigenvalue weighted by Gasteiger charge is 2.14. The summed E-state index contributed by atoms with van der Waals surface area (Å²) in [5.41, 5.74) is 2.09. The van der Waals surface area contributed by atoms with Gasteiger partial charge in [0.15, 0.2) is 11.7 Å². The molecule has 156 valence electrons. The van der Waals surface area contributed by atoms with Crippen LogP contribution in [-0.2, 0) is 6.54 Å². The van der Waals surface area contributed by atoms with E-state index in [1.807, 2.05) is 24.3 Å². The minimum absolute atomic E-state index is 0. The van der Waals surface area contributed by atoms with Gasteiger partial charge in [-0.15, -0.1) is 24.0 Å². The highest BCUT2D eigenvalue weighted by atomic mass is 127. The molecule has 0 radical (unpaired) electrons. The lowest BCUT2D eigenvalue weighted by molar-refractivity contribution is 0.376. The van der Waals surface area contributed by atoms with Gasteiger partial charge in [-0.3, -0.25) is 0 Å². The molecule has 1 unspecified atom stereocenters. The van der Waals surface area contributed by atoms with Crippen molar-refractivity contribution in [2.45, 2.75) is 53.1 Å². The molecule has 0 bridgehead atoms. The first-order chi connectivity index (χ1) is 13.0. The van der Waals surface area contributed by atoms with Crippen molar-refractivity contribution in [2.75, 3.05) is 18.4 Å². The normalized spacial score (nSPS) is 12.6. The molecule has 0 spiro atoms. The Kier molecular flexibility index (Phi) is 11.0. The fraction of sp³-hybridized carbons (Fsp3) is 0.524. The Bertz CT molecular complexity index is 700. The molecule has 2 rings (SSSR count). The van der Waals surface area contributed by atoms with E-state index in [-0.39, 0.29) is 30.0 Å². The Morgan fingerprint density at radius 3 is 2.39 bits per heavy atom. The topological polar surface area (TPSA) is 74.5 Å². The molecule has 0 saturated heterocycles. The van der Waals surface area contributed by atoms with Gasteiger partial charge in [0, 0.05) is 30.9 Å². The van der Waals surface area contributed by atoms with Gasteiger partial charge in [0.05, 0.1) is 5.69 Å². The van der Waals surface area contributed by atoms with Crippen molar-refractivity contribution in [1.29, 1.82) is 0 Å². The SMILES string of the molecule is CCNC(=NCc1cc(C(C)C)no1)NCC(Nc1ccccc1)C(C)C.I. The molecule has 1 atom stereocenters. The van der Waals surface area contributed by atoms with Crippen LogP contribution < -0.4 is 16.0 Å². The van der Waals surface area contributed by atoms with Gasteiger partial charge in [-0.05, 0) is 30.9 Å². The van der Waals surface area contributed by atoms with Crippen LogP contribution in [-0.4, -0.2) is 30.2 Å². The third-order valence-corrected chi connectivity index (χ3v) is 4.33. The van der Waals surface area contributed by atoms with Crippen molar-refractivity contribution in [3.63, 3.8) is 0 Å². The quantitative estimate of drug-likeness (QED) is 0.267. The maximum Gasteiger partial charge on any atom is 0.191 e. The lowest BCUT2D eigenvalue weighted by atomic mass is 10.0. The summed E-state index contributed by atoms with van der Waals surface area (Å²) >= 11 is 0. The summed E-state index contributed by atoms with van der Waals surface area (Å²) in [6.45, 7) is 12.7. The van der Waals surface area contributed by atoms with E-state index in [0.717, 1.165) is 36.2 Å². The predicted octanol–water partition coefficient (Wildman–Crippen LogP) is 4.61. The molecule has 1 heterocycles. The molecular weight excluding hydrogens is 465 g/mol. The van der Waals surface area contributed by atoms with Gasteiger partial charge in [-0.1, -0.05) is 51.1 Å². The van der Waals surface area contributed by atoms with Crippen molar-refractivity contribution in [3.8, 4) is 0 Å². The van der Waals surface area contributed by atoms with Crippen molar-refractivity contribution in [1.82, 2.24) is 15.8 Å². The Morgan fingerprint density at radius 1 is 1.11 bits per heavy atom. The van der Waals surface area contributed by atoms with Gasteiger partial charge >= 0.3 is 0 Å². The number of nitrogens with zero attached hydrogens (tertiary/aromatic N) is 2. The minimum Gasteiger partial charge on any atom is -0.380 e. The lowest BCUT2D eigenvalue weighted by Crippen LogP contribution is -2.44. The Balaban J connectivity index is 0.00000392. The molecule has 6 nitrogen and oxygen atoms in total. The van der Waals surface area contributed by atoms with Crippen molar-refractivity contribution in [3.05, 3.63) is 47.9 Å². The standard InChI is InChI=1S/C21H33N5O.HI/c1-6-22-21(23-13-18-12-19(15(2)3)26-27-18)24-14-20(16(4)5)25-17-10-8-7-9-11-17;/h7-12,15-16,20,25H,6,13-14H2,1-5H3,(H2,22,23,24);1H. The lowest BCUT2D eigenvalue weighted by Gasteiger charge is -2.25. The van der Waals surface area contributed by atoms with Crippen LogP contribution in [0.4, 0.5) is 5.69 Å². The van der Waals surface area contributed by atoms with E-state index in [9.17, 15) is 0 Å². The van der Waals surface area contributed by atoms with Crippen LogP contribution in [0.25, 0.3) is 0 Å². The second-order valence-corrected chi connectivity index (χ2v) is 7.31. The number of hydrogen-bond donors (Lipinski definition) is 3. The first-order valence-corrected chi connectivity index (χ1v) is 9.78. The Hall–Kier alpha value is -1.77. The number of rotatable bonds is 9. The van der Waals surface area contributed by atoms with E-state index in [4.69, 9.17) is 4.52 Å². The monoisotopic (exact) mass is 499 g/mol. The van der Waals surface area contributed by atoms with Gasteiger partial charge < -0.3 is 20.5 Å². The van der Waals surface area contributed by atoms with Crippen LogP contribution in [0.1, 0.15) is 52.0 Å². The molecule has 0 saturated carbocycles. The number of aliphatic imine (C=N–C) groups is 1. The number of benzene rings is 1. The fourth-order valence-electron chi connectivity index (χ4n) is 2.58.